The molecular weight excluding hydrogens is 636 g/mol. The zero-order chi connectivity index (χ0) is 26.5. The molecule has 1 aliphatic rings. The maximum absolute atomic E-state index is 13.7. The number of halogens is 3. The lowest BCUT2D eigenvalue weighted by Gasteiger charge is -2.33. The van der Waals surface area contributed by atoms with Crippen molar-refractivity contribution in [2.75, 3.05) is 17.1 Å². The van der Waals surface area contributed by atoms with Crippen molar-refractivity contribution >= 4 is 73.3 Å². The van der Waals surface area contributed by atoms with Crippen LogP contribution in [0.15, 0.2) is 42.5 Å². The Hall–Kier alpha value is -1.56. The van der Waals surface area contributed by atoms with E-state index < -0.39 is 28.5 Å². The van der Waals surface area contributed by atoms with Gasteiger partial charge in [0.05, 0.1) is 11.9 Å². The number of hydrogen-bond acceptors (Lipinski definition) is 4. The highest BCUT2D eigenvalue weighted by Gasteiger charge is 2.33. The van der Waals surface area contributed by atoms with Crippen molar-refractivity contribution in [2.45, 2.75) is 57.7 Å². The second-order valence-corrected chi connectivity index (χ2v) is 12.9. The van der Waals surface area contributed by atoms with Gasteiger partial charge in [0.1, 0.15) is 12.6 Å². The third kappa shape index (κ3) is 7.72. The first kappa shape index (κ1) is 29.0. The molecule has 11 heteroatoms. The van der Waals surface area contributed by atoms with E-state index in [4.69, 9.17) is 23.2 Å². The third-order valence-electron chi connectivity index (χ3n) is 6.24. The maximum Gasteiger partial charge on any atom is 0.244 e. The number of nitrogens with zero attached hydrogens (tertiary/aromatic N) is 2. The van der Waals surface area contributed by atoms with Crippen molar-refractivity contribution in [3.05, 3.63) is 61.6 Å². The van der Waals surface area contributed by atoms with Crippen LogP contribution >= 0.6 is 45.8 Å². The van der Waals surface area contributed by atoms with Crippen molar-refractivity contribution in [3.63, 3.8) is 0 Å². The third-order valence-corrected chi connectivity index (χ3v) is 8.68. The van der Waals surface area contributed by atoms with Crippen LogP contribution in [0.1, 0.15) is 44.6 Å². The SMILES string of the molecule is CCC(C(=O)NC1CCCC1)N(Cc1ccc(Cl)cc1Cl)C(=O)CN(c1ccc(I)cc1)S(C)(=O)=O. The number of benzene rings is 2. The number of nitrogens with one attached hydrogen (secondary N) is 1. The van der Waals surface area contributed by atoms with E-state index >= 15 is 0 Å². The number of hydrogen-bond donors (Lipinski definition) is 1. The molecule has 3 rings (SSSR count). The van der Waals surface area contributed by atoms with Gasteiger partial charge in [-0.25, -0.2) is 8.42 Å². The number of amides is 2. The van der Waals surface area contributed by atoms with Crippen molar-refractivity contribution < 1.29 is 18.0 Å². The Bertz CT molecular complexity index is 1190. The summed E-state index contributed by atoms with van der Waals surface area (Å²) in [5, 5.41) is 3.89. The van der Waals surface area contributed by atoms with Gasteiger partial charge in [-0.05, 0) is 83.8 Å². The minimum Gasteiger partial charge on any atom is -0.352 e. The van der Waals surface area contributed by atoms with E-state index in [1.807, 2.05) is 6.92 Å². The highest BCUT2D eigenvalue weighted by atomic mass is 127. The smallest absolute Gasteiger partial charge is 0.244 e. The van der Waals surface area contributed by atoms with Gasteiger partial charge in [-0.2, -0.15) is 0 Å². The minimum atomic E-state index is -3.78. The van der Waals surface area contributed by atoms with Crippen LogP contribution in [0, 0.1) is 3.57 Å². The van der Waals surface area contributed by atoms with Gasteiger partial charge in [0.15, 0.2) is 0 Å². The Morgan fingerprint density at radius 3 is 2.31 bits per heavy atom. The van der Waals surface area contributed by atoms with Gasteiger partial charge in [-0.1, -0.05) is 49.0 Å². The topological polar surface area (TPSA) is 86.8 Å². The maximum atomic E-state index is 13.7. The quantitative estimate of drug-likeness (QED) is 0.352. The molecule has 0 heterocycles. The molecule has 0 spiro atoms. The van der Waals surface area contributed by atoms with Crippen molar-refractivity contribution in [1.29, 1.82) is 0 Å². The molecule has 1 atom stereocenters. The van der Waals surface area contributed by atoms with Crippen LogP contribution in [0.4, 0.5) is 5.69 Å². The van der Waals surface area contributed by atoms with E-state index in [-0.39, 0.29) is 18.5 Å². The van der Waals surface area contributed by atoms with Crippen LogP contribution in [0.2, 0.25) is 10.0 Å². The average molecular weight is 666 g/mol. The molecule has 2 amide bonds. The molecule has 0 aromatic heterocycles. The van der Waals surface area contributed by atoms with Gasteiger partial charge < -0.3 is 10.2 Å². The van der Waals surface area contributed by atoms with Crippen molar-refractivity contribution in [3.8, 4) is 0 Å². The molecule has 36 heavy (non-hydrogen) atoms. The summed E-state index contributed by atoms with van der Waals surface area (Å²) in [5.74, 6) is -0.749. The Kier molecular flexibility index (Phi) is 10.3. The molecule has 0 saturated heterocycles. The Balaban J connectivity index is 1.94. The molecule has 2 aromatic carbocycles. The largest absolute Gasteiger partial charge is 0.352 e. The summed E-state index contributed by atoms with van der Waals surface area (Å²) in [6.07, 6.45) is 5.36. The summed E-state index contributed by atoms with van der Waals surface area (Å²) in [7, 11) is -3.78. The van der Waals surface area contributed by atoms with Gasteiger partial charge >= 0.3 is 0 Å². The molecule has 1 unspecified atom stereocenters. The highest BCUT2D eigenvalue weighted by Crippen LogP contribution is 2.26. The highest BCUT2D eigenvalue weighted by molar-refractivity contribution is 14.1. The lowest BCUT2D eigenvalue weighted by Crippen LogP contribution is -2.53. The van der Waals surface area contributed by atoms with E-state index in [0.717, 1.165) is 39.8 Å². The molecule has 1 fully saturated rings. The summed E-state index contributed by atoms with van der Waals surface area (Å²) >= 11 is 14.6. The molecule has 0 bridgehead atoms. The van der Waals surface area contributed by atoms with Gasteiger partial charge in [-0.15, -0.1) is 0 Å². The Morgan fingerprint density at radius 1 is 1.11 bits per heavy atom. The van der Waals surface area contributed by atoms with E-state index in [1.165, 1.54) is 4.90 Å². The Labute approximate surface area is 236 Å². The predicted molar refractivity (Wildman–Crippen MR) is 153 cm³/mol. The van der Waals surface area contributed by atoms with Crippen molar-refractivity contribution in [1.82, 2.24) is 10.2 Å². The van der Waals surface area contributed by atoms with Gasteiger partial charge in [0, 0.05) is 26.2 Å². The van der Waals surface area contributed by atoms with Crippen LogP contribution in [-0.4, -0.2) is 50.0 Å². The molecule has 1 N–H and O–H groups in total. The Morgan fingerprint density at radius 2 is 1.75 bits per heavy atom. The van der Waals surface area contributed by atoms with Gasteiger partial charge in [-0.3, -0.25) is 13.9 Å². The molecular formula is C25H30Cl2IN3O4S. The van der Waals surface area contributed by atoms with Gasteiger partial charge in [0.2, 0.25) is 21.8 Å². The lowest BCUT2D eigenvalue weighted by atomic mass is 10.1. The molecule has 0 aliphatic heterocycles. The molecule has 7 nitrogen and oxygen atoms in total. The fourth-order valence-corrected chi connectivity index (χ4v) is 6.02. The van der Waals surface area contributed by atoms with E-state index in [1.54, 1.807) is 42.5 Å². The number of carbonyl (C=O) groups excluding carboxylic acids is 2. The second kappa shape index (κ2) is 12.8. The standard InChI is InChI=1S/C25H30Cl2IN3O4S/c1-3-23(25(33)29-20-6-4-5-7-20)30(15-17-8-9-18(26)14-22(17)27)24(32)16-31(36(2,34)35)21-12-10-19(28)11-13-21/h8-14,20,23H,3-7,15-16H2,1-2H3,(H,29,33). The van der Waals surface area contributed by atoms with Crippen LogP contribution in [-0.2, 0) is 26.2 Å². The molecule has 1 saturated carbocycles. The van der Waals surface area contributed by atoms with Crippen LogP contribution < -0.4 is 9.62 Å². The van der Waals surface area contributed by atoms with Crippen LogP contribution in [0.3, 0.4) is 0 Å². The van der Waals surface area contributed by atoms with E-state index in [0.29, 0.717) is 27.7 Å². The number of sulfonamides is 1. The molecule has 2 aromatic rings. The molecule has 1 aliphatic carbocycles. The monoisotopic (exact) mass is 665 g/mol. The molecule has 0 radical (unpaired) electrons. The van der Waals surface area contributed by atoms with Crippen molar-refractivity contribution in [2.24, 2.45) is 0 Å². The summed E-state index contributed by atoms with van der Waals surface area (Å²) in [4.78, 5) is 28.5. The second-order valence-electron chi connectivity index (χ2n) is 8.92. The first-order valence-corrected chi connectivity index (χ1v) is 15.4. The van der Waals surface area contributed by atoms with Crippen LogP contribution in [0.25, 0.3) is 0 Å². The lowest BCUT2D eigenvalue weighted by molar-refractivity contribution is -0.140. The first-order chi connectivity index (χ1) is 17.0. The summed E-state index contributed by atoms with van der Waals surface area (Å²) in [6, 6.07) is 11.1. The summed E-state index contributed by atoms with van der Waals surface area (Å²) in [5.41, 5.74) is 0.987. The zero-order valence-corrected chi connectivity index (χ0v) is 24.7. The average Bonchev–Trinajstić information content (AvgIpc) is 3.31. The number of rotatable bonds is 10. The summed E-state index contributed by atoms with van der Waals surface area (Å²) < 4.78 is 27.3. The fourth-order valence-electron chi connectivity index (χ4n) is 4.34. The number of carbonyl (C=O) groups is 2. The zero-order valence-electron chi connectivity index (χ0n) is 20.2. The normalized spacial score (nSPS) is 14.9. The first-order valence-electron chi connectivity index (χ1n) is 11.8. The van der Waals surface area contributed by atoms with Crippen LogP contribution in [0.5, 0.6) is 0 Å². The van der Waals surface area contributed by atoms with Gasteiger partial charge in [0.25, 0.3) is 0 Å². The van der Waals surface area contributed by atoms with E-state index in [2.05, 4.69) is 27.9 Å². The fraction of sp³-hybridized carbons (Fsp3) is 0.440. The number of anilines is 1. The predicted octanol–water partition coefficient (Wildman–Crippen LogP) is 5.23. The molecule has 196 valence electrons. The minimum absolute atomic E-state index is 0.0374. The summed E-state index contributed by atoms with van der Waals surface area (Å²) in [6.45, 7) is 1.42. The van der Waals surface area contributed by atoms with E-state index in [9.17, 15) is 18.0 Å².